The highest BCUT2D eigenvalue weighted by atomic mass is 19.1. The second-order valence-corrected chi connectivity index (χ2v) is 5.91. The number of pyridine rings is 1. The minimum atomic E-state index is -0.476. The van der Waals surface area contributed by atoms with Gasteiger partial charge < -0.3 is 20.5 Å². The maximum Gasteiger partial charge on any atom is 0.225 e. The molecule has 1 atom stereocenters. The Morgan fingerprint density at radius 1 is 1.22 bits per heavy atom. The molecule has 0 spiro atoms. The highest BCUT2D eigenvalue weighted by molar-refractivity contribution is 5.67. The lowest BCUT2D eigenvalue weighted by Gasteiger charge is -2.14. The number of halogens is 1. The normalized spacial score (nSPS) is 11.7. The Morgan fingerprint density at radius 2 is 2.07 bits per heavy atom. The SMILES string of the molecule is COc1ccc(Nc2cc(-c3cccnc3)nc(N[C@H](C)CO)n2)cc1F. The first-order valence-electron chi connectivity index (χ1n) is 8.36. The van der Waals surface area contributed by atoms with Crippen molar-refractivity contribution in [3.8, 4) is 17.0 Å². The van der Waals surface area contributed by atoms with Crippen molar-refractivity contribution in [2.45, 2.75) is 13.0 Å². The molecule has 2 aromatic heterocycles. The third kappa shape index (κ3) is 4.68. The van der Waals surface area contributed by atoms with E-state index in [1.54, 1.807) is 24.5 Å². The molecule has 0 amide bonds. The molecule has 7 nitrogen and oxygen atoms in total. The van der Waals surface area contributed by atoms with Gasteiger partial charge in [0.2, 0.25) is 5.95 Å². The van der Waals surface area contributed by atoms with Gasteiger partial charge in [0, 0.05) is 41.8 Å². The van der Waals surface area contributed by atoms with Gasteiger partial charge in [-0.25, -0.2) is 9.37 Å². The molecular weight excluding hydrogens is 349 g/mol. The monoisotopic (exact) mass is 369 g/mol. The Labute approximate surface area is 156 Å². The zero-order valence-corrected chi connectivity index (χ0v) is 15.0. The molecule has 0 fully saturated rings. The molecule has 2 heterocycles. The summed E-state index contributed by atoms with van der Waals surface area (Å²) in [6.07, 6.45) is 3.37. The maximum absolute atomic E-state index is 13.9. The van der Waals surface area contributed by atoms with E-state index in [1.165, 1.54) is 19.2 Å². The second-order valence-electron chi connectivity index (χ2n) is 5.91. The second kappa shape index (κ2) is 8.41. The fourth-order valence-electron chi connectivity index (χ4n) is 2.40. The van der Waals surface area contributed by atoms with E-state index < -0.39 is 5.82 Å². The fraction of sp³-hybridized carbons (Fsp3) is 0.211. The number of aliphatic hydroxyl groups is 1. The minimum Gasteiger partial charge on any atom is -0.494 e. The molecule has 0 aliphatic carbocycles. The molecule has 3 rings (SSSR count). The van der Waals surface area contributed by atoms with Gasteiger partial charge in [-0.3, -0.25) is 4.98 Å². The van der Waals surface area contributed by atoms with Gasteiger partial charge in [0.15, 0.2) is 11.6 Å². The number of rotatable bonds is 7. The van der Waals surface area contributed by atoms with Gasteiger partial charge in [0.1, 0.15) is 5.82 Å². The van der Waals surface area contributed by atoms with Crippen LogP contribution in [0.25, 0.3) is 11.3 Å². The van der Waals surface area contributed by atoms with Crippen LogP contribution in [0, 0.1) is 5.82 Å². The van der Waals surface area contributed by atoms with Crippen molar-refractivity contribution in [3.63, 3.8) is 0 Å². The molecule has 3 N–H and O–H groups in total. The summed E-state index contributed by atoms with van der Waals surface area (Å²) < 4.78 is 18.9. The van der Waals surface area contributed by atoms with E-state index in [0.717, 1.165) is 5.56 Å². The van der Waals surface area contributed by atoms with Crippen molar-refractivity contribution < 1.29 is 14.2 Å². The van der Waals surface area contributed by atoms with Gasteiger partial charge in [-0.05, 0) is 31.2 Å². The van der Waals surface area contributed by atoms with Crippen LogP contribution in [0.5, 0.6) is 5.75 Å². The Hall–Kier alpha value is -3.26. The maximum atomic E-state index is 13.9. The Bertz CT molecular complexity index is 908. The average Bonchev–Trinajstić information content (AvgIpc) is 2.68. The number of hydrogen-bond acceptors (Lipinski definition) is 7. The van der Waals surface area contributed by atoms with E-state index in [1.807, 2.05) is 19.1 Å². The molecule has 0 saturated carbocycles. The number of anilines is 3. The van der Waals surface area contributed by atoms with Gasteiger partial charge in [0.05, 0.1) is 19.4 Å². The third-order valence-electron chi connectivity index (χ3n) is 3.76. The van der Waals surface area contributed by atoms with Gasteiger partial charge in [-0.15, -0.1) is 0 Å². The van der Waals surface area contributed by atoms with E-state index in [-0.39, 0.29) is 18.4 Å². The Morgan fingerprint density at radius 3 is 2.74 bits per heavy atom. The summed E-state index contributed by atoms with van der Waals surface area (Å²) in [4.78, 5) is 13.0. The lowest BCUT2D eigenvalue weighted by Crippen LogP contribution is -2.21. The summed E-state index contributed by atoms with van der Waals surface area (Å²) in [5.41, 5.74) is 1.97. The van der Waals surface area contributed by atoms with E-state index in [2.05, 4.69) is 25.6 Å². The molecule has 0 bridgehead atoms. The zero-order valence-electron chi connectivity index (χ0n) is 15.0. The predicted octanol–water partition coefficient (Wildman–Crippen LogP) is 3.22. The number of benzene rings is 1. The van der Waals surface area contributed by atoms with Gasteiger partial charge in [0.25, 0.3) is 0 Å². The van der Waals surface area contributed by atoms with E-state index in [0.29, 0.717) is 23.1 Å². The minimum absolute atomic E-state index is 0.0626. The fourth-order valence-corrected chi connectivity index (χ4v) is 2.40. The van der Waals surface area contributed by atoms with Crippen molar-refractivity contribution in [1.29, 1.82) is 0 Å². The average molecular weight is 369 g/mol. The van der Waals surface area contributed by atoms with Crippen LogP contribution in [0.4, 0.5) is 21.8 Å². The predicted molar refractivity (Wildman–Crippen MR) is 102 cm³/mol. The molecule has 140 valence electrons. The number of nitrogens with one attached hydrogen (secondary N) is 2. The smallest absolute Gasteiger partial charge is 0.225 e. The number of methoxy groups -OCH3 is 1. The summed E-state index contributed by atoms with van der Waals surface area (Å²) in [5, 5.41) is 15.4. The topological polar surface area (TPSA) is 92.2 Å². The summed E-state index contributed by atoms with van der Waals surface area (Å²) in [7, 11) is 1.41. The van der Waals surface area contributed by atoms with Crippen molar-refractivity contribution in [2.24, 2.45) is 0 Å². The van der Waals surface area contributed by atoms with Crippen LogP contribution in [0.3, 0.4) is 0 Å². The van der Waals surface area contributed by atoms with Gasteiger partial charge >= 0.3 is 0 Å². The molecule has 0 aliphatic heterocycles. The highest BCUT2D eigenvalue weighted by Crippen LogP contribution is 2.26. The molecule has 1 aromatic carbocycles. The number of hydrogen-bond donors (Lipinski definition) is 3. The number of aliphatic hydroxyl groups excluding tert-OH is 1. The van der Waals surface area contributed by atoms with Crippen molar-refractivity contribution >= 4 is 17.5 Å². The largest absolute Gasteiger partial charge is 0.494 e. The number of nitrogens with zero attached hydrogens (tertiary/aromatic N) is 3. The van der Waals surface area contributed by atoms with Crippen LogP contribution in [0.1, 0.15) is 6.92 Å². The van der Waals surface area contributed by atoms with Crippen LogP contribution in [-0.4, -0.2) is 39.8 Å². The molecule has 0 unspecified atom stereocenters. The third-order valence-corrected chi connectivity index (χ3v) is 3.76. The first-order chi connectivity index (χ1) is 13.1. The highest BCUT2D eigenvalue weighted by Gasteiger charge is 2.11. The summed E-state index contributed by atoms with van der Waals surface area (Å²) in [6.45, 7) is 1.75. The molecule has 0 aliphatic rings. The number of ether oxygens (including phenoxy) is 1. The first-order valence-corrected chi connectivity index (χ1v) is 8.36. The van der Waals surface area contributed by atoms with Crippen molar-refractivity contribution in [3.05, 3.63) is 54.6 Å². The van der Waals surface area contributed by atoms with Gasteiger partial charge in [-0.2, -0.15) is 4.98 Å². The molecule has 0 saturated heterocycles. The van der Waals surface area contributed by atoms with Crippen LogP contribution < -0.4 is 15.4 Å². The number of aromatic nitrogens is 3. The molecule has 8 heteroatoms. The molecule has 27 heavy (non-hydrogen) atoms. The summed E-state index contributed by atoms with van der Waals surface area (Å²) in [6, 6.07) is 9.77. The summed E-state index contributed by atoms with van der Waals surface area (Å²) in [5.74, 6) is 0.505. The van der Waals surface area contributed by atoms with Crippen LogP contribution in [0.15, 0.2) is 48.8 Å². The van der Waals surface area contributed by atoms with Crippen LogP contribution in [0.2, 0.25) is 0 Å². The zero-order chi connectivity index (χ0) is 19.2. The van der Waals surface area contributed by atoms with E-state index >= 15 is 0 Å². The van der Waals surface area contributed by atoms with Gasteiger partial charge in [-0.1, -0.05) is 0 Å². The van der Waals surface area contributed by atoms with Crippen LogP contribution in [-0.2, 0) is 0 Å². The lowest BCUT2D eigenvalue weighted by atomic mass is 10.2. The molecular formula is C19H20FN5O2. The van der Waals surface area contributed by atoms with E-state index in [4.69, 9.17) is 4.74 Å². The Balaban J connectivity index is 1.95. The quantitative estimate of drug-likeness (QED) is 0.589. The molecule has 0 radical (unpaired) electrons. The molecule has 3 aromatic rings. The lowest BCUT2D eigenvalue weighted by molar-refractivity contribution is 0.281. The van der Waals surface area contributed by atoms with Crippen LogP contribution >= 0.6 is 0 Å². The van der Waals surface area contributed by atoms with Crippen molar-refractivity contribution in [1.82, 2.24) is 15.0 Å². The first kappa shape index (κ1) is 18.5. The standard InChI is InChI=1S/C19H20FN5O2/c1-12(11-26)22-19-24-16(13-4-3-7-21-10-13)9-18(25-19)23-14-5-6-17(27-2)15(20)8-14/h3-10,12,26H,11H2,1-2H3,(H2,22,23,24,25)/t12-/m1/s1. The Kier molecular flexibility index (Phi) is 5.77. The van der Waals surface area contributed by atoms with E-state index in [9.17, 15) is 9.50 Å². The summed E-state index contributed by atoms with van der Waals surface area (Å²) >= 11 is 0. The van der Waals surface area contributed by atoms with Crippen molar-refractivity contribution in [2.75, 3.05) is 24.4 Å².